The lowest BCUT2D eigenvalue weighted by Crippen LogP contribution is -2.38. The number of aromatic nitrogens is 3. The third-order valence-electron chi connectivity index (χ3n) is 4.53. The highest BCUT2D eigenvalue weighted by Crippen LogP contribution is 2.34. The summed E-state index contributed by atoms with van der Waals surface area (Å²) in [5, 5.41) is 6.09. The Morgan fingerprint density at radius 3 is 2.53 bits per heavy atom. The molecule has 168 valence electrons. The van der Waals surface area contributed by atoms with Gasteiger partial charge in [0.05, 0.1) is 17.8 Å². The summed E-state index contributed by atoms with van der Waals surface area (Å²) in [7, 11) is 0. The lowest BCUT2D eigenvalue weighted by molar-refractivity contribution is -0.137. The minimum atomic E-state index is -4.61. The van der Waals surface area contributed by atoms with Crippen molar-refractivity contribution < 1.29 is 27.3 Å². The Kier molecular flexibility index (Phi) is 7.18. The molecule has 2 amide bonds. The highest BCUT2D eigenvalue weighted by Gasteiger charge is 2.33. The van der Waals surface area contributed by atoms with Gasteiger partial charge >= 0.3 is 6.18 Å². The molecule has 2 aromatic heterocycles. The molecule has 0 bridgehead atoms. The Balaban J connectivity index is 1.56. The van der Waals surface area contributed by atoms with Crippen molar-refractivity contribution in [3.05, 3.63) is 60.2 Å². The van der Waals surface area contributed by atoms with Crippen molar-refractivity contribution in [2.75, 3.05) is 18.4 Å². The number of nitrogens with zero attached hydrogens (tertiary/aromatic N) is 4. The van der Waals surface area contributed by atoms with Gasteiger partial charge < -0.3 is 14.7 Å². The molecule has 0 unspecified atom stereocenters. The van der Waals surface area contributed by atoms with E-state index in [4.69, 9.17) is 4.52 Å². The van der Waals surface area contributed by atoms with Crippen LogP contribution < -0.4 is 5.32 Å². The predicted molar refractivity (Wildman–Crippen MR) is 108 cm³/mol. The maximum absolute atomic E-state index is 13.1. The molecule has 0 atom stereocenters. The zero-order valence-corrected chi connectivity index (χ0v) is 17.1. The Morgan fingerprint density at radius 1 is 1.12 bits per heavy atom. The number of para-hydroxylation sites is 1. The molecule has 3 aromatic rings. The average molecular weight is 447 g/mol. The second-order valence-corrected chi connectivity index (χ2v) is 6.75. The molecule has 0 saturated carbocycles. The van der Waals surface area contributed by atoms with E-state index in [-0.39, 0.29) is 43.4 Å². The van der Waals surface area contributed by atoms with E-state index in [9.17, 15) is 22.8 Å². The molecule has 11 heteroatoms. The topological polar surface area (TPSA) is 101 Å². The highest BCUT2D eigenvalue weighted by molar-refractivity contribution is 5.95. The number of alkyl halides is 3. The van der Waals surface area contributed by atoms with Gasteiger partial charge in [0, 0.05) is 37.3 Å². The summed E-state index contributed by atoms with van der Waals surface area (Å²) in [4.78, 5) is 34.2. The zero-order chi connectivity index (χ0) is 23.1. The van der Waals surface area contributed by atoms with Crippen LogP contribution in [0.4, 0.5) is 18.9 Å². The van der Waals surface area contributed by atoms with Gasteiger partial charge in [0.2, 0.25) is 23.5 Å². The summed E-state index contributed by atoms with van der Waals surface area (Å²) in [6.45, 7) is 1.50. The van der Waals surface area contributed by atoms with Gasteiger partial charge in [-0.05, 0) is 31.2 Å². The van der Waals surface area contributed by atoms with Gasteiger partial charge in [-0.1, -0.05) is 17.3 Å². The first kappa shape index (κ1) is 22.9. The SMILES string of the molecule is CCN(CC(=O)Nc1ccccc1C(F)(F)F)C(=O)CCc1nc(-c2ccncc2)no1. The fourth-order valence-electron chi connectivity index (χ4n) is 2.93. The molecular formula is C21H20F3N5O3. The van der Waals surface area contributed by atoms with Crippen molar-refractivity contribution in [3.8, 4) is 11.4 Å². The van der Waals surface area contributed by atoms with Gasteiger partial charge in [0.1, 0.15) is 0 Å². The van der Waals surface area contributed by atoms with E-state index >= 15 is 0 Å². The standard InChI is InChI=1S/C21H20F3N5O3/c1-2-29(13-17(30)26-16-6-4-3-5-15(16)21(22,23)24)19(31)8-7-18-27-20(28-32-18)14-9-11-25-12-10-14/h3-6,9-12H,2,7-8,13H2,1H3,(H,26,30). The first-order chi connectivity index (χ1) is 15.3. The molecule has 8 nitrogen and oxygen atoms in total. The van der Waals surface area contributed by atoms with Crippen LogP contribution in [0.1, 0.15) is 24.8 Å². The summed E-state index contributed by atoms with van der Waals surface area (Å²) in [6, 6.07) is 8.09. The molecule has 0 spiro atoms. The Bertz CT molecular complexity index is 1070. The van der Waals surface area contributed by atoms with Crippen LogP contribution in [-0.4, -0.2) is 44.9 Å². The van der Waals surface area contributed by atoms with Crippen molar-refractivity contribution in [1.29, 1.82) is 0 Å². The van der Waals surface area contributed by atoms with Gasteiger partial charge in [0.25, 0.3) is 0 Å². The van der Waals surface area contributed by atoms with E-state index in [2.05, 4.69) is 20.4 Å². The summed E-state index contributed by atoms with van der Waals surface area (Å²) in [5.74, 6) is -0.472. The third-order valence-corrected chi connectivity index (χ3v) is 4.53. The van der Waals surface area contributed by atoms with Crippen molar-refractivity contribution in [2.24, 2.45) is 0 Å². The number of hydrogen-bond donors (Lipinski definition) is 1. The maximum atomic E-state index is 13.1. The summed E-state index contributed by atoms with van der Waals surface area (Å²) < 4.78 is 44.4. The molecule has 0 saturated heterocycles. The summed E-state index contributed by atoms with van der Waals surface area (Å²) >= 11 is 0. The van der Waals surface area contributed by atoms with Crippen LogP contribution in [0.5, 0.6) is 0 Å². The molecule has 1 N–H and O–H groups in total. The van der Waals surface area contributed by atoms with E-state index in [0.29, 0.717) is 11.4 Å². The van der Waals surface area contributed by atoms with E-state index in [1.54, 1.807) is 31.5 Å². The molecular weight excluding hydrogens is 427 g/mol. The Labute approximate surface area is 181 Å². The smallest absolute Gasteiger partial charge is 0.339 e. The molecule has 1 aromatic carbocycles. The quantitative estimate of drug-likeness (QED) is 0.567. The summed E-state index contributed by atoms with van der Waals surface area (Å²) in [6.07, 6.45) is -1.27. The van der Waals surface area contributed by atoms with E-state index in [1.165, 1.54) is 17.0 Å². The van der Waals surface area contributed by atoms with Gasteiger partial charge in [0.15, 0.2) is 0 Å². The molecule has 0 fully saturated rings. The molecule has 0 radical (unpaired) electrons. The zero-order valence-electron chi connectivity index (χ0n) is 17.1. The number of rotatable bonds is 8. The maximum Gasteiger partial charge on any atom is 0.418 e. The van der Waals surface area contributed by atoms with Crippen molar-refractivity contribution in [3.63, 3.8) is 0 Å². The number of carbonyl (C=O) groups excluding carboxylic acids is 2. The van der Waals surface area contributed by atoms with Crippen LogP contribution in [-0.2, 0) is 22.2 Å². The summed E-state index contributed by atoms with van der Waals surface area (Å²) in [5.41, 5.74) is -0.598. The predicted octanol–water partition coefficient (Wildman–Crippen LogP) is 3.57. The van der Waals surface area contributed by atoms with Crippen LogP contribution >= 0.6 is 0 Å². The lowest BCUT2D eigenvalue weighted by Gasteiger charge is -2.21. The van der Waals surface area contributed by atoms with Crippen LogP contribution in [0.2, 0.25) is 0 Å². The number of aryl methyl sites for hydroxylation is 1. The fraction of sp³-hybridized carbons (Fsp3) is 0.286. The number of carbonyl (C=O) groups is 2. The lowest BCUT2D eigenvalue weighted by atomic mass is 10.1. The second kappa shape index (κ2) is 10.0. The van der Waals surface area contributed by atoms with E-state index < -0.39 is 17.6 Å². The average Bonchev–Trinajstić information content (AvgIpc) is 3.25. The largest absolute Gasteiger partial charge is 0.418 e. The van der Waals surface area contributed by atoms with Crippen LogP contribution in [0.15, 0.2) is 53.3 Å². The molecule has 2 heterocycles. The monoisotopic (exact) mass is 447 g/mol. The van der Waals surface area contributed by atoms with E-state index in [1.807, 2.05) is 0 Å². The van der Waals surface area contributed by atoms with Crippen LogP contribution in [0.3, 0.4) is 0 Å². The number of likely N-dealkylation sites (N-methyl/N-ethyl adjacent to an activating group) is 1. The number of halogens is 3. The number of benzene rings is 1. The normalized spacial score (nSPS) is 11.2. The number of nitrogens with one attached hydrogen (secondary N) is 1. The fourth-order valence-corrected chi connectivity index (χ4v) is 2.93. The molecule has 32 heavy (non-hydrogen) atoms. The third kappa shape index (κ3) is 5.90. The molecule has 0 aliphatic rings. The van der Waals surface area contributed by atoms with Gasteiger partial charge in [-0.25, -0.2) is 0 Å². The van der Waals surface area contributed by atoms with E-state index in [0.717, 1.165) is 12.1 Å². The number of amides is 2. The first-order valence-corrected chi connectivity index (χ1v) is 9.74. The minimum Gasteiger partial charge on any atom is -0.339 e. The second-order valence-electron chi connectivity index (χ2n) is 6.75. The molecule has 0 aliphatic carbocycles. The first-order valence-electron chi connectivity index (χ1n) is 9.74. The molecule has 0 aliphatic heterocycles. The van der Waals surface area contributed by atoms with Gasteiger partial charge in [-0.2, -0.15) is 18.2 Å². The Hall–Kier alpha value is -3.76. The minimum absolute atomic E-state index is 0.00175. The van der Waals surface area contributed by atoms with Gasteiger partial charge in [-0.3, -0.25) is 14.6 Å². The molecule has 3 rings (SSSR count). The van der Waals surface area contributed by atoms with Crippen molar-refractivity contribution >= 4 is 17.5 Å². The Morgan fingerprint density at radius 2 is 1.84 bits per heavy atom. The van der Waals surface area contributed by atoms with Crippen LogP contribution in [0.25, 0.3) is 11.4 Å². The number of pyridine rings is 1. The number of anilines is 1. The van der Waals surface area contributed by atoms with Crippen molar-refractivity contribution in [1.82, 2.24) is 20.0 Å². The number of hydrogen-bond acceptors (Lipinski definition) is 6. The highest BCUT2D eigenvalue weighted by atomic mass is 19.4. The van der Waals surface area contributed by atoms with Gasteiger partial charge in [-0.15, -0.1) is 0 Å². The van der Waals surface area contributed by atoms with Crippen molar-refractivity contribution in [2.45, 2.75) is 25.9 Å². The van der Waals surface area contributed by atoms with Crippen LogP contribution in [0, 0.1) is 0 Å².